The van der Waals surface area contributed by atoms with E-state index in [1.807, 2.05) is 12.1 Å². The van der Waals surface area contributed by atoms with E-state index in [1.165, 1.54) is 22.0 Å². The van der Waals surface area contributed by atoms with Crippen LogP contribution in [0.4, 0.5) is 5.69 Å². The summed E-state index contributed by atoms with van der Waals surface area (Å²) in [4.78, 5) is 0. The first-order valence-electron chi connectivity index (χ1n) is 6.23. The number of aromatic nitrogens is 1. The first-order valence-corrected chi connectivity index (χ1v) is 6.23. The molecule has 1 aromatic heterocycles. The lowest BCUT2D eigenvalue weighted by Gasteiger charge is -2.00. The molecule has 0 atom stereocenters. The van der Waals surface area contributed by atoms with Gasteiger partial charge in [0.15, 0.2) is 0 Å². The van der Waals surface area contributed by atoms with Gasteiger partial charge in [-0.25, -0.2) is 0 Å². The summed E-state index contributed by atoms with van der Waals surface area (Å²) in [6.45, 7) is 3.12. The Bertz CT molecular complexity index is 681. The monoisotopic (exact) mass is 236 g/mol. The zero-order valence-electron chi connectivity index (χ0n) is 10.4. The van der Waals surface area contributed by atoms with Crippen LogP contribution in [0.15, 0.2) is 54.7 Å². The van der Waals surface area contributed by atoms with Crippen LogP contribution in [0.1, 0.15) is 6.92 Å². The second-order valence-corrected chi connectivity index (χ2v) is 4.47. The fraction of sp³-hybridized carbons (Fsp3) is 0.125. The standard InChI is InChI=1S/C16H16N2/c1-2-18-11-15(12-6-4-3-5-7-12)14-10-13(17)8-9-16(14)18/h3-11H,2,17H2,1H3. The molecule has 2 N–H and O–H groups in total. The van der Waals surface area contributed by atoms with Gasteiger partial charge >= 0.3 is 0 Å². The molecule has 2 aromatic carbocycles. The topological polar surface area (TPSA) is 30.9 Å². The summed E-state index contributed by atoms with van der Waals surface area (Å²) < 4.78 is 2.26. The summed E-state index contributed by atoms with van der Waals surface area (Å²) in [5.41, 5.74) is 10.5. The molecule has 2 nitrogen and oxygen atoms in total. The molecule has 18 heavy (non-hydrogen) atoms. The van der Waals surface area contributed by atoms with E-state index in [0.29, 0.717) is 0 Å². The number of hydrogen-bond donors (Lipinski definition) is 1. The summed E-state index contributed by atoms with van der Waals surface area (Å²) in [5.74, 6) is 0. The minimum absolute atomic E-state index is 0.813. The molecule has 0 bridgehead atoms. The van der Waals surface area contributed by atoms with Crippen LogP contribution in [0.5, 0.6) is 0 Å². The highest BCUT2D eigenvalue weighted by molar-refractivity contribution is 5.97. The number of rotatable bonds is 2. The minimum Gasteiger partial charge on any atom is -0.399 e. The lowest BCUT2D eigenvalue weighted by Crippen LogP contribution is -1.90. The van der Waals surface area contributed by atoms with Crippen molar-refractivity contribution in [3.8, 4) is 11.1 Å². The molecule has 2 heteroatoms. The maximum absolute atomic E-state index is 5.91. The number of nitrogen functional groups attached to an aromatic ring is 1. The van der Waals surface area contributed by atoms with Crippen LogP contribution in [-0.2, 0) is 6.54 Å². The number of fused-ring (bicyclic) bond motifs is 1. The van der Waals surface area contributed by atoms with Gasteiger partial charge in [-0.3, -0.25) is 0 Å². The van der Waals surface area contributed by atoms with Crippen molar-refractivity contribution in [1.29, 1.82) is 0 Å². The average Bonchev–Trinajstić information content (AvgIpc) is 2.77. The van der Waals surface area contributed by atoms with Crippen LogP contribution < -0.4 is 5.73 Å². The Hall–Kier alpha value is -2.22. The SMILES string of the molecule is CCn1cc(-c2ccccc2)c2cc(N)ccc21. The number of nitrogens with zero attached hydrogens (tertiary/aromatic N) is 1. The molecule has 0 unspecified atom stereocenters. The summed E-state index contributed by atoms with van der Waals surface area (Å²) in [6, 6.07) is 16.6. The van der Waals surface area contributed by atoms with Crippen molar-refractivity contribution < 1.29 is 0 Å². The van der Waals surface area contributed by atoms with E-state index in [1.54, 1.807) is 0 Å². The smallest absolute Gasteiger partial charge is 0.0488 e. The van der Waals surface area contributed by atoms with Crippen LogP contribution >= 0.6 is 0 Å². The van der Waals surface area contributed by atoms with E-state index in [-0.39, 0.29) is 0 Å². The predicted molar refractivity (Wildman–Crippen MR) is 77.5 cm³/mol. The zero-order valence-corrected chi connectivity index (χ0v) is 10.4. The van der Waals surface area contributed by atoms with E-state index in [4.69, 9.17) is 5.73 Å². The van der Waals surface area contributed by atoms with Crippen LogP contribution in [0.2, 0.25) is 0 Å². The largest absolute Gasteiger partial charge is 0.399 e. The molecule has 1 heterocycles. The number of hydrogen-bond acceptors (Lipinski definition) is 1. The lowest BCUT2D eigenvalue weighted by molar-refractivity contribution is 0.798. The maximum atomic E-state index is 5.91. The van der Waals surface area contributed by atoms with Crippen LogP contribution in [0.3, 0.4) is 0 Å². The van der Waals surface area contributed by atoms with Gasteiger partial charge in [-0.05, 0) is 30.7 Å². The van der Waals surface area contributed by atoms with Crippen molar-refractivity contribution in [2.45, 2.75) is 13.5 Å². The molecule has 0 aliphatic carbocycles. The minimum atomic E-state index is 0.813. The van der Waals surface area contributed by atoms with Gasteiger partial charge in [0.2, 0.25) is 0 Å². The Kier molecular flexibility index (Phi) is 2.56. The van der Waals surface area contributed by atoms with Crippen molar-refractivity contribution in [2.24, 2.45) is 0 Å². The molecule has 90 valence electrons. The second-order valence-electron chi connectivity index (χ2n) is 4.47. The van der Waals surface area contributed by atoms with Gasteiger partial charge in [0, 0.05) is 34.9 Å². The number of anilines is 1. The quantitative estimate of drug-likeness (QED) is 0.672. The highest BCUT2D eigenvalue weighted by Gasteiger charge is 2.09. The van der Waals surface area contributed by atoms with Crippen molar-refractivity contribution in [1.82, 2.24) is 4.57 Å². The highest BCUT2D eigenvalue weighted by Crippen LogP contribution is 2.31. The first-order chi connectivity index (χ1) is 8.79. The first kappa shape index (κ1) is 10.9. The Morgan fingerprint density at radius 1 is 1.06 bits per heavy atom. The van der Waals surface area contributed by atoms with Crippen molar-refractivity contribution >= 4 is 16.6 Å². The van der Waals surface area contributed by atoms with Crippen molar-refractivity contribution in [2.75, 3.05) is 5.73 Å². The fourth-order valence-corrected chi connectivity index (χ4v) is 2.42. The molecule has 3 rings (SSSR count). The summed E-state index contributed by atoms with van der Waals surface area (Å²) >= 11 is 0. The number of aryl methyl sites for hydroxylation is 1. The van der Waals surface area contributed by atoms with Gasteiger partial charge in [-0.15, -0.1) is 0 Å². The van der Waals surface area contributed by atoms with Crippen LogP contribution in [-0.4, -0.2) is 4.57 Å². The van der Waals surface area contributed by atoms with Crippen LogP contribution in [0, 0.1) is 0 Å². The molecule has 0 fully saturated rings. The van der Waals surface area contributed by atoms with Gasteiger partial charge in [0.25, 0.3) is 0 Å². The van der Waals surface area contributed by atoms with E-state index >= 15 is 0 Å². The molecule has 0 aliphatic heterocycles. The van der Waals surface area contributed by atoms with E-state index in [9.17, 15) is 0 Å². The zero-order chi connectivity index (χ0) is 12.5. The van der Waals surface area contributed by atoms with Crippen LogP contribution in [0.25, 0.3) is 22.0 Å². The van der Waals surface area contributed by atoms with Crippen molar-refractivity contribution in [3.63, 3.8) is 0 Å². The lowest BCUT2D eigenvalue weighted by atomic mass is 10.0. The fourth-order valence-electron chi connectivity index (χ4n) is 2.42. The summed E-state index contributed by atoms with van der Waals surface area (Å²) in [6.07, 6.45) is 2.21. The Morgan fingerprint density at radius 3 is 2.56 bits per heavy atom. The van der Waals surface area contributed by atoms with Gasteiger partial charge in [-0.2, -0.15) is 0 Å². The molecule has 0 radical (unpaired) electrons. The molecule has 0 spiro atoms. The molecule has 0 saturated carbocycles. The third-order valence-corrected chi connectivity index (χ3v) is 3.33. The van der Waals surface area contributed by atoms with Gasteiger partial charge < -0.3 is 10.3 Å². The number of benzene rings is 2. The third kappa shape index (κ3) is 1.66. The molecular formula is C16H16N2. The second kappa shape index (κ2) is 4.22. The Labute approximate surface area is 107 Å². The molecule has 0 aliphatic rings. The van der Waals surface area contributed by atoms with E-state index in [0.717, 1.165) is 12.2 Å². The van der Waals surface area contributed by atoms with Crippen molar-refractivity contribution in [3.05, 3.63) is 54.7 Å². The highest BCUT2D eigenvalue weighted by atomic mass is 14.9. The van der Waals surface area contributed by atoms with Gasteiger partial charge in [0.1, 0.15) is 0 Å². The maximum Gasteiger partial charge on any atom is 0.0488 e. The number of nitrogens with two attached hydrogens (primary N) is 1. The normalized spacial score (nSPS) is 10.9. The molecular weight excluding hydrogens is 220 g/mol. The molecule has 3 aromatic rings. The third-order valence-electron chi connectivity index (χ3n) is 3.33. The van der Waals surface area contributed by atoms with Gasteiger partial charge in [-0.1, -0.05) is 30.3 Å². The van der Waals surface area contributed by atoms with E-state index < -0.39 is 0 Å². The average molecular weight is 236 g/mol. The molecule has 0 amide bonds. The summed E-state index contributed by atoms with van der Waals surface area (Å²) in [5, 5.41) is 1.23. The summed E-state index contributed by atoms with van der Waals surface area (Å²) in [7, 11) is 0. The Balaban J connectivity index is 2.32. The Morgan fingerprint density at radius 2 is 1.83 bits per heavy atom. The molecule has 0 saturated heterocycles. The van der Waals surface area contributed by atoms with E-state index in [2.05, 4.69) is 54.1 Å². The predicted octanol–water partition coefficient (Wildman–Crippen LogP) is 3.91. The van der Waals surface area contributed by atoms with Gasteiger partial charge in [0.05, 0.1) is 0 Å².